The SMILES string of the molecule is COc1ccnc(-c2[c-]cc(F)cc2F)c1.[Ir].[c-]1nocc1-c1cscn1. The summed E-state index contributed by atoms with van der Waals surface area (Å²) in [5, 5.41) is 5.36. The van der Waals surface area contributed by atoms with Crippen LogP contribution in [0.2, 0.25) is 0 Å². The van der Waals surface area contributed by atoms with Gasteiger partial charge < -0.3 is 19.2 Å². The monoisotopic (exact) mass is 564 g/mol. The quantitative estimate of drug-likeness (QED) is 0.345. The molecule has 0 spiro atoms. The smallest absolute Gasteiger partial charge is 0.113 e. The first-order valence-corrected chi connectivity index (χ1v) is 8.19. The maximum atomic E-state index is 13.4. The van der Waals surface area contributed by atoms with Gasteiger partial charge in [-0.1, -0.05) is 11.6 Å². The number of hydrogen-bond donors (Lipinski definition) is 0. The first-order chi connectivity index (χ1) is 12.7. The van der Waals surface area contributed by atoms with Crippen molar-refractivity contribution in [3.05, 3.63) is 71.5 Å². The zero-order valence-corrected chi connectivity index (χ0v) is 17.0. The minimum Gasteiger partial charge on any atom is -0.497 e. The van der Waals surface area contributed by atoms with Crippen molar-refractivity contribution in [1.82, 2.24) is 15.1 Å². The fourth-order valence-corrected chi connectivity index (χ4v) is 2.51. The van der Waals surface area contributed by atoms with E-state index in [9.17, 15) is 8.78 Å². The predicted molar refractivity (Wildman–Crippen MR) is 91.4 cm³/mol. The largest absolute Gasteiger partial charge is 0.497 e. The van der Waals surface area contributed by atoms with Crippen molar-refractivity contribution in [3.8, 4) is 28.3 Å². The van der Waals surface area contributed by atoms with Crippen LogP contribution in [0.25, 0.3) is 22.5 Å². The zero-order chi connectivity index (χ0) is 18.4. The number of pyridine rings is 1. The second kappa shape index (κ2) is 10.0. The number of methoxy groups -OCH3 is 1. The summed E-state index contributed by atoms with van der Waals surface area (Å²) >= 11 is 1.54. The van der Waals surface area contributed by atoms with Crippen LogP contribution in [0.1, 0.15) is 0 Å². The third kappa shape index (κ3) is 5.50. The predicted octanol–water partition coefficient (Wildman–Crippen LogP) is 4.43. The van der Waals surface area contributed by atoms with E-state index in [0.29, 0.717) is 11.4 Å². The van der Waals surface area contributed by atoms with Gasteiger partial charge in [0.05, 0.1) is 12.6 Å². The van der Waals surface area contributed by atoms with Gasteiger partial charge in [-0.05, 0) is 35.1 Å². The second-order valence-corrected chi connectivity index (χ2v) is 5.55. The van der Waals surface area contributed by atoms with E-state index in [1.165, 1.54) is 30.9 Å². The molecule has 3 heterocycles. The van der Waals surface area contributed by atoms with E-state index in [0.717, 1.165) is 23.4 Å². The van der Waals surface area contributed by atoms with Crippen LogP contribution in [0.4, 0.5) is 8.78 Å². The molecule has 0 saturated carbocycles. The van der Waals surface area contributed by atoms with Crippen LogP contribution in [0.3, 0.4) is 0 Å². The number of nitrogens with zero attached hydrogens (tertiary/aromatic N) is 3. The molecular formula is C18H11F2IrN3O2S-2. The first kappa shape index (κ1) is 20.8. The number of benzene rings is 1. The van der Waals surface area contributed by atoms with Crippen molar-refractivity contribution in [3.63, 3.8) is 0 Å². The summed E-state index contributed by atoms with van der Waals surface area (Å²) in [6.45, 7) is 0. The van der Waals surface area contributed by atoms with E-state index < -0.39 is 11.6 Å². The summed E-state index contributed by atoms with van der Waals surface area (Å²) in [5.41, 5.74) is 3.92. The Labute approximate surface area is 171 Å². The molecule has 0 aliphatic carbocycles. The van der Waals surface area contributed by atoms with Gasteiger partial charge in [0.2, 0.25) is 0 Å². The normalized spacial score (nSPS) is 9.74. The Bertz CT molecular complexity index is 934. The van der Waals surface area contributed by atoms with E-state index in [4.69, 9.17) is 4.74 Å². The van der Waals surface area contributed by atoms with E-state index in [-0.39, 0.29) is 25.7 Å². The third-order valence-electron chi connectivity index (χ3n) is 3.18. The van der Waals surface area contributed by atoms with Gasteiger partial charge >= 0.3 is 0 Å². The van der Waals surface area contributed by atoms with Crippen LogP contribution >= 0.6 is 11.3 Å². The second-order valence-electron chi connectivity index (χ2n) is 4.84. The van der Waals surface area contributed by atoms with Crippen LogP contribution < -0.4 is 4.74 Å². The van der Waals surface area contributed by atoms with Crippen molar-refractivity contribution in [2.45, 2.75) is 0 Å². The van der Waals surface area contributed by atoms with E-state index in [1.807, 2.05) is 5.38 Å². The van der Waals surface area contributed by atoms with Gasteiger partial charge in [-0.25, -0.2) is 0 Å². The Hall–Kier alpha value is -2.48. The molecule has 0 aliphatic rings. The fraction of sp³-hybridized carbons (Fsp3) is 0.0556. The van der Waals surface area contributed by atoms with Gasteiger partial charge in [-0.3, -0.25) is 8.78 Å². The average Bonchev–Trinajstić information content (AvgIpc) is 3.35. The van der Waals surface area contributed by atoms with Crippen LogP contribution in [0.15, 0.2) is 52.1 Å². The minimum atomic E-state index is -0.694. The number of rotatable bonds is 3. The van der Waals surface area contributed by atoms with Gasteiger partial charge in [-0.2, -0.15) is 5.16 Å². The Kier molecular flexibility index (Phi) is 7.72. The van der Waals surface area contributed by atoms with Crippen LogP contribution in [0.5, 0.6) is 5.75 Å². The standard InChI is InChI=1S/C12H8F2NO.C6H3N2OS.Ir/c1-16-9-4-5-15-12(7-9)10-3-2-8(13)6-11(10)14;1-5(2-9-8-1)6-3-10-4-7-6;/h2,4-7H,1H3;2-4H;/q2*-1;. The van der Waals surface area contributed by atoms with Gasteiger partial charge in [0.1, 0.15) is 5.75 Å². The molecule has 9 heteroatoms. The molecule has 0 bridgehead atoms. The molecule has 0 fully saturated rings. The number of ether oxygens (including phenoxy) is 1. The number of thiazole rings is 1. The molecule has 0 unspecified atom stereocenters. The summed E-state index contributed by atoms with van der Waals surface area (Å²) in [4.78, 5) is 8.02. The summed E-state index contributed by atoms with van der Waals surface area (Å²) in [7, 11) is 1.50. The molecule has 0 atom stereocenters. The van der Waals surface area contributed by atoms with Crippen LogP contribution in [0, 0.1) is 23.9 Å². The molecule has 1 radical (unpaired) electrons. The molecular weight excluding hydrogens is 552 g/mol. The summed E-state index contributed by atoms with van der Waals surface area (Å²) in [6, 6.07) is 7.58. The number of halogens is 2. The third-order valence-corrected chi connectivity index (χ3v) is 3.77. The number of aromatic nitrogens is 3. The molecule has 0 amide bonds. The van der Waals surface area contributed by atoms with Gasteiger partial charge in [0, 0.05) is 44.2 Å². The molecule has 5 nitrogen and oxygen atoms in total. The maximum Gasteiger partial charge on any atom is 0.113 e. The molecule has 0 N–H and O–H groups in total. The average molecular weight is 564 g/mol. The van der Waals surface area contributed by atoms with Crippen molar-refractivity contribution in [2.24, 2.45) is 0 Å². The van der Waals surface area contributed by atoms with Crippen molar-refractivity contribution in [1.29, 1.82) is 0 Å². The first-order valence-electron chi connectivity index (χ1n) is 7.25. The number of hydrogen-bond acceptors (Lipinski definition) is 6. The molecule has 4 aromatic rings. The molecule has 0 aliphatic heterocycles. The van der Waals surface area contributed by atoms with E-state index in [2.05, 4.69) is 31.9 Å². The molecule has 4 rings (SSSR count). The van der Waals surface area contributed by atoms with Gasteiger partial charge in [-0.15, -0.1) is 29.0 Å². The Balaban J connectivity index is 0.000000205. The summed E-state index contributed by atoms with van der Waals surface area (Å²) < 4.78 is 35.7. The Morgan fingerprint density at radius 2 is 2.04 bits per heavy atom. The zero-order valence-electron chi connectivity index (χ0n) is 13.8. The van der Waals surface area contributed by atoms with Crippen LogP contribution in [-0.4, -0.2) is 22.2 Å². The van der Waals surface area contributed by atoms with Crippen molar-refractivity contribution < 1.29 is 38.1 Å². The molecule has 3 aromatic heterocycles. The molecule has 27 heavy (non-hydrogen) atoms. The van der Waals surface area contributed by atoms with E-state index in [1.54, 1.807) is 17.6 Å². The Morgan fingerprint density at radius 1 is 1.19 bits per heavy atom. The Morgan fingerprint density at radius 3 is 2.67 bits per heavy atom. The molecule has 0 saturated heterocycles. The maximum absolute atomic E-state index is 13.4. The van der Waals surface area contributed by atoms with Crippen molar-refractivity contribution in [2.75, 3.05) is 7.11 Å². The van der Waals surface area contributed by atoms with Crippen LogP contribution in [-0.2, 0) is 20.1 Å². The summed E-state index contributed by atoms with van der Waals surface area (Å²) in [5.74, 6) is -0.799. The fourth-order valence-electron chi connectivity index (χ4n) is 1.96. The minimum absolute atomic E-state index is 0. The van der Waals surface area contributed by atoms with Crippen molar-refractivity contribution >= 4 is 11.3 Å². The molecule has 1 aromatic carbocycles. The van der Waals surface area contributed by atoms with E-state index >= 15 is 0 Å². The van der Waals surface area contributed by atoms with Gasteiger partial charge in [0.15, 0.2) is 0 Å². The summed E-state index contributed by atoms with van der Waals surface area (Å²) in [6.07, 6.45) is 5.68. The van der Waals surface area contributed by atoms with Gasteiger partial charge in [0.25, 0.3) is 0 Å². The topological polar surface area (TPSA) is 61.0 Å². The molecule has 141 valence electrons.